The van der Waals surface area contributed by atoms with E-state index in [1.54, 1.807) is 17.0 Å². The highest BCUT2D eigenvalue weighted by Gasteiger charge is 2.40. The molecule has 7 heteroatoms. The van der Waals surface area contributed by atoms with Crippen molar-refractivity contribution in [3.8, 4) is 5.69 Å². The molecule has 1 fully saturated rings. The normalized spacial score (nSPS) is 16.3. The lowest BCUT2D eigenvalue weighted by molar-refractivity contribution is -0.162. The van der Waals surface area contributed by atoms with Gasteiger partial charge in [-0.15, -0.1) is 0 Å². The van der Waals surface area contributed by atoms with Crippen LogP contribution in [0.5, 0.6) is 0 Å². The lowest BCUT2D eigenvalue weighted by atomic mass is 9.91. The molecule has 3 aromatic rings. The van der Waals surface area contributed by atoms with Crippen molar-refractivity contribution in [2.45, 2.75) is 25.4 Å². The van der Waals surface area contributed by atoms with Crippen LogP contribution in [0, 0.1) is 6.92 Å². The van der Waals surface area contributed by atoms with Gasteiger partial charge in [0.2, 0.25) is 0 Å². The Labute approximate surface area is 161 Å². The highest BCUT2D eigenvalue weighted by atomic mass is 16.4. The molecule has 1 aliphatic heterocycles. The van der Waals surface area contributed by atoms with Gasteiger partial charge in [-0.2, -0.15) is 0 Å². The van der Waals surface area contributed by atoms with Crippen molar-refractivity contribution in [2.24, 2.45) is 0 Å². The van der Waals surface area contributed by atoms with E-state index in [1.165, 1.54) is 0 Å². The van der Waals surface area contributed by atoms with Gasteiger partial charge in [0.1, 0.15) is 5.82 Å². The molecular formula is C21H21N3O4. The number of aliphatic hydroxyl groups is 1. The number of carboxylic acid groups (broad SMARTS) is 1. The molecule has 2 N–H and O–H groups in total. The number of fused-ring (bicyclic) bond motifs is 1. The summed E-state index contributed by atoms with van der Waals surface area (Å²) < 4.78 is 2.04. The number of piperidine rings is 1. The minimum atomic E-state index is -1.74. The first-order chi connectivity index (χ1) is 13.4. The smallest absolute Gasteiger partial charge is 0.335 e. The molecule has 0 saturated carbocycles. The summed E-state index contributed by atoms with van der Waals surface area (Å²) in [5.41, 5.74) is 1.41. The van der Waals surface area contributed by atoms with Gasteiger partial charge in [0.05, 0.1) is 11.0 Å². The molecular weight excluding hydrogens is 358 g/mol. The Morgan fingerprint density at radius 3 is 2.39 bits per heavy atom. The summed E-state index contributed by atoms with van der Waals surface area (Å²) in [6, 6.07) is 15.3. The zero-order valence-electron chi connectivity index (χ0n) is 15.5. The van der Waals surface area contributed by atoms with E-state index < -0.39 is 11.6 Å². The Morgan fingerprint density at radius 2 is 1.75 bits per heavy atom. The molecule has 0 atom stereocenters. The lowest BCUT2D eigenvalue weighted by Gasteiger charge is -2.35. The molecule has 4 rings (SSSR count). The van der Waals surface area contributed by atoms with Gasteiger partial charge in [0.15, 0.2) is 5.60 Å². The van der Waals surface area contributed by atoms with E-state index >= 15 is 0 Å². The Balaban J connectivity index is 1.61. The first-order valence-corrected chi connectivity index (χ1v) is 9.19. The van der Waals surface area contributed by atoms with Crippen LogP contribution < -0.4 is 0 Å². The monoisotopic (exact) mass is 379 g/mol. The van der Waals surface area contributed by atoms with Crippen molar-refractivity contribution in [2.75, 3.05) is 13.1 Å². The molecule has 2 aromatic carbocycles. The van der Waals surface area contributed by atoms with E-state index in [9.17, 15) is 14.7 Å². The maximum atomic E-state index is 12.8. The third-order valence-electron chi connectivity index (χ3n) is 5.36. The number of benzene rings is 2. The summed E-state index contributed by atoms with van der Waals surface area (Å²) in [4.78, 5) is 30.2. The number of rotatable bonds is 3. The molecule has 144 valence electrons. The van der Waals surface area contributed by atoms with E-state index in [0.717, 1.165) is 22.5 Å². The first-order valence-electron chi connectivity index (χ1n) is 9.19. The fraction of sp³-hybridized carbons (Fsp3) is 0.286. The fourth-order valence-corrected chi connectivity index (χ4v) is 3.71. The minimum Gasteiger partial charge on any atom is -0.479 e. The number of aromatic nitrogens is 2. The number of likely N-dealkylation sites (tertiary alicyclic amines) is 1. The van der Waals surface area contributed by atoms with Gasteiger partial charge in [-0.05, 0) is 37.3 Å². The van der Waals surface area contributed by atoms with Crippen LogP contribution in [-0.4, -0.2) is 55.2 Å². The summed E-state index contributed by atoms with van der Waals surface area (Å²) in [5, 5.41) is 19.2. The van der Waals surface area contributed by atoms with Gasteiger partial charge < -0.3 is 15.1 Å². The third-order valence-corrected chi connectivity index (χ3v) is 5.36. The number of nitrogens with zero attached hydrogens (tertiary/aromatic N) is 3. The standard InChI is InChI=1S/C21H21N3O4/c1-14-22-17-13-15(7-8-18(17)24(14)16-5-3-2-4-6-16)19(25)23-11-9-21(28,10-12-23)20(26)27/h2-8,13,28H,9-12H2,1H3,(H,26,27). The molecule has 1 saturated heterocycles. The molecule has 0 spiro atoms. The van der Waals surface area contributed by atoms with Crippen molar-refractivity contribution >= 4 is 22.9 Å². The second-order valence-corrected chi connectivity index (χ2v) is 7.16. The van der Waals surface area contributed by atoms with Crippen LogP contribution in [0.2, 0.25) is 0 Å². The quantitative estimate of drug-likeness (QED) is 0.728. The maximum absolute atomic E-state index is 12.8. The van der Waals surface area contributed by atoms with Gasteiger partial charge in [-0.25, -0.2) is 9.78 Å². The van der Waals surface area contributed by atoms with E-state index in [4.69, 9.17) is 5.11 Å². The molecule has 1 amide bonds. The van der Waals surface area contributed by atoms with Crippen LogP contribution in [0.25, 0.3) is 16.7 Å². The lowest BCUT2D eigenvalue weighted by Crippen LogP contribution is -2.50. The fourth-order valence-electron chi connectivity index (χ4n) is 3.71. The molecule has 2 heterocycles. The highest BCUT2D eigenvalue weighted by Crippen LogP contribution is 2.26. The molecule has 7 nitrogen and oxygen atoms in total. The number of aryl methyl sites for hydroxylation is 1. The number of aliphatic carboxylic acids is 1. The van der Waals surface area contributed by atoms with Crippen molar-refractivity contribution < 1.29 is 19.8 Å². The maximum Gasteiger partial charge on any atom is 0.335 e. The third kappa shape index (κ3) is 3.03. The topological polar surface area (TPSA) is 95.7 Å². The Bertz CT molecular complexity index is 1050. The Hall–Kier alpha value is -3.19. The van der Waals surface area contributed by atoms with E-state index in [1.807, 2.05) is 47.9 Å². The van der Waals surface area contributed by atoms with Gasteiger partial charge in [0.25, 0.3) is 5.91 Å². The average Bonchev–Trinajstić information content (AvgIpc) is 3.03. The molecule has 1 aromatic heterocycles. The van der Waals surface area contributed by atoms with E-state index in [-0.39, 0.29) is 31.8 Å². The summed E-state index contributed by atoms with van der Waals surface area (Å²) in [6.45, 7) is 2.33. The summed E-state index contributed by atoms with van der Waals surface area (Å²) in [5.74, 6) is -0.584. The largest absolute Gasteiger partial charge is 0.479 e. The Morgan fingerprint density at radius 1 is 1.07 bits per heavy atom. The van der Waals surface area contributed by atoms with Gasteiger partial charge in [-0.1, -0.05) is 18.2 Å². The molecule has 1 aliphatic rings. The van der Waals surface area contributed by atoms with Crippen LogP contribution in [0.15, 0.2) is 48.5 Å². The summed E-state index contributed by atoms with van der Waals surface area (Å²) in [7, 11) is 0. The summed E-state index contributed by atoms with van der Waals surface area (Å²) in [6.07, 6.45) is 0.0517. The van der Waals surface area contributed by atoms with Crippen molar-refractivity contribution in [1.82, 2.24) is 14.5 Å². The van der Waals surface area contributed by atoms with E-state index in [2.05, 4.69) is 4.98 Å². The van der Waals surface area contributed by atoms with E-state index in [0.29, 0.717) is 5.56 Å². The van der Waals surface area contributed by atoms with Crippen LogP contribution in [0.4, 0.5) is 0 Å². The predicted octanol–water partition coefficient (Wildman–Crippen LogP) is 2.39. The number of carboxylic acids is 1. The summed E-state index contributed by atoms with van der Waals surface area (Å²) >= 11 is 0. The number of imidazole rings is 1. The Kier molecular flexibility index (Phi) is 4.39. The molecule has 0 bridgehead atoms. The second kappa shape index (κ2) is 6.76. The SMILES string of the molecule is Cc1nc2cc(C(=O)N3CCC(O)(C(=O)O)CC3)ccc2n1-c1ccccc1. The number of amides is 1. The average molecular weight is 379 g/mol. The number of para-hydroxylation sites is 1. The second-order valence-electron chi connectivity index (χ2n) is 7.16. The van der Waals surface area contributed by atoms with Gasteiger partial charge in [-0.3, -0.25) is 9.36 Å². The molecule has 28 heavy (non-hydrogen) atoms. The highest BCUT2D eigenvalue weighted by molar-refractivity contribution is 5.98. The van der Waals surface area contributed by atoms with Crippen molar-refractivity contribution in [3.63, 3.8) is 0 Å². The molecule has 0 aliphatic carbocycles. The first kappa shape index (κ1) is 18.2. The van der Waals surface area contributed by atoms with Crippen LogP contribution in [0.1, 0.15) is 29.0 Å². The van der Waals surface area contributed by atoms with Gasteiger partial charge >= 0.3 is 5.97 Å². The number of carbonyl (C=O) groups excluding carboxylic acids is 1. The minimum absolute atomic E-state index is 0.0259. The number of carbonyl (C=O) groups is 2. The van der Waals surface area contributed by atoms with Crippen LogP contribution in [-0.2, 0) is 4.79 Å². The predicted molar refractivity (Wildman–Crippen MR) is 104 cm³/mol. The van der Waals surface area contributed by atoms with Crippen molar-refractivity contribution in [3.05, 3.63) is 59.9 Å². The van der Waals surface area contributed by atoms with Crippen LogP contribution in [0.3, 0.4) is 0 Å². The van der Waals surface area contributed by atoms with Gasteiger partial charge in [0, 0.05) is 37.2 Å². The molecule has 0 radical (unpaired) electrons. The number of hydrogen-bond donors (Lipinski definition) is 2. The zero-order chi connectivity index (χ0) is 19.9. The number of hydrogen-bond acceptors (Lipinski definition) is 4. The zero-order valence-corrected chi connectivity index (χ0v) is 15.5. The van der Waals surface area contributed by atoms with Crippen molar-refractivity contribution in [1.29, 1.82) is 0 Å². The molecule has 0 unspecified atom stereocenters. The van der Waals surface area contributed by atoms with Crippen LogP contribution >= 0.6 is 0 Å².